The molecule has 1 atom stereocenters. The fourth-order valence-electron chi connectivity index (χ4n) is 4.33. The zero-order chi connectivity index (χ0) is 22.0. The second kappa shape index (κ2) is 8.63. The lowest BCUT2D eigenvalue weighted by Gasteiger charge is -2.21. The van der Waals surface area contributed by atoms with Gasteiger partial charge in [-0.15, -0.1) is 0 Å². The van der Waals surface area contributed by atoms with Gasteiger partial charge in [0, 0.05) is 17.6 Å². The summed E-state index contributed by atoms with van der Waals surface area (Å²) >= 11 is 0. The van der Waals surface area contributed by atoms with E-state index in [0.29, 0.717) is 30.1 Å². The minimum Gasteiger partial charge on any atom is -0.389 e. The maximum Gasteiger partial charge on any atom is 0.275 e. The van der Waals surface area contributed by atoms with E-state index in [1.165, 1.54) is 4.68 Å². The van der Waals surface area contributed by atoms with E-state index < -0.39 is 11.6 Å². The summed E-state index contributed by atoms with van der Waals surface area (Å²) in [6, 6.07) is 8.26. The van der Waals surface area contributed by atoms with Crippen LogP contribution in [0.25, 0.3) is 10.8 Å². The molecule has 1 unspecified atom stereocenters. The smallest absolute Gasteiger partial charge is 0.275 e. The highest BCUT2D eigenvalue weighted by Crippen LogP contribution is 2.32. The van der Waals surface area contributed by atoms with Crippen molar-refractivity contribution in [1.29, 1.82) is 0 Å². The molecule has 1 saturated carbocycles. The first kappa shape index (κ1) is 21.2. The Hall–Kier alpha value is -3.00. The Balaban J connectivity index is 1.61. The zero-order valence-electron chi connectivity index (χ0n) is 18.0. The number of carbonyl (C=O) groups is 1. The minimum atomic E-state index is -0.916. The van der Waals surface area contributed by atoms with Gasteiger partial charge in [-0.3, -0.25) is 14.3 Å². The van der Waals surface area contributed by atoms with Crippen molar-refractivity contribution < 1.29 is 9.90 Å². The van der Waals surface area contributed by atoms with Crippen molar-refractivity contribution in [2.45, 2.75) is 64.1 Å². The number of anilines is 1. The van der Waals surface area contributed by atoms with Crippen molar-refractivity contribution in [2.75, 3.05) is 5.32 Å². The number of benzene rings is 1. The van der Waals surface area contributed by atoms with E-state index in [0.717, 1.165) is 31.1 Å². The fraction of sp³-hybridized carbons (Fsp3) is 0.478. The lowest BCUT2D eigenvalue weighted by Crippen LogP contribution is -2.36. The Morgan fingerprint density at radius 3 is 2.74 bits per heavy atom. The van der Waals surface area contributed by atoms with Gasteiger partial charge in [-0.25, -0.2) is 4.68 Å². The molecule has 0 bridgehead atoms. The lowest BCUT2D eigenvalue weighted by molar-refractivity contribution is -0.120. The third kappa shape index (κ3) is 5.02. The van der Waals surface area contributed by atoms with Crippen LogP contribution in [-0.2, 0) is 11.3 Å². The van der Waals surface area contributed by atoms with E-state index in [9.17, 15) is 14.7 Å². The molecule has 1 aromatic carbocycles. The second-order valence-electron chi connectivity index (χ2n) is 9.08. The number of rotatable bonds is 7. The van der Waals surface area contributed by atoms with Crippen LogP contribution in [0.15, 0.2) is 47.5 Å². The molecule has 4 rings (SSSR count). The standard InChI is InChI=1S/C23H29N5O3/c1-23(2,31)15-27-12-11-20(26-27)25-21(29)19(13-16-7-3-4-8-16)28-22(30)18-10-6-5-9-17(18)14-24-28/h5-6,9-12,14,16,19,31H,3-4,7-8,13,15H2,1-2H3,(H,25,26,29). The summed E-state index contributed by atoms with van der Waals surface area (Å²) in [5.41, 5.74) is -1.18. The predicted molar refractivity (Wildman–Crippen MR) is 119 cm³/mol. The summed E-state index contributed by atoms with van der Waals surface area (Å²) in [6.45, 7) is 3.70. The third-order valence-electron chi connectivity index (χ3n) is 5.79. The van der Waals surface area contributed by atoms with Gasteiger partial charge >= 0.3 is 0 Å². The monoisotopic (exact) mass is 423 g/mol. The molecule has 31 heavy (non-hydrogen) atoms. The van der Waals surface area contributed by atoms with Crippen molar-refractivity contribution in [1.82, 2.24) is 19.6 Å². The molecule has 0 aliphatic heterocycles. The summed E-state index contributed by atoms with van der Waals surface area (Å²) in [6.07, 6.45) is 8.35. The highest BCUT2D eigenvalue weighted by Gasteiger charge is 2.29. The molecule has 2 aromatic heterocycles. The van der Waals surface area contributed by atoms with Crippen LogP contribution < -0.4 is 10.9 Å². The molecule has 1 fully saturated rings. The topological polar surface area (TPSA) is 102 Å². The van der Waals surface area contributed by atoms with E-state index >= 15 is 0 Å². The van der Waals surface area contributed by atoms with E-state index in [-0.39, 0.29) is 11.5 Å². The van der Waals surface area contributed by atoms with Crippen LogP contribution in [0.3, 0.4) is 0 Å². The molecule has 164 valence electrons. The van der Waals surface area contributed by atoms with E-state index in [1.54, 1.807) is 43.1 Å². The number of hydrogen-bond acceptors (Lipinski definition) is 5. The molecule has 1 amide bonds. The summed E-state index contributed by atoms with van der Waals surface area (Å²) in [5.74, 6) is 0.480. The van der Waals surface area contributed by atoms with Crippen molar-refractivity contribution in [3.05, 3.63) is 53.1 Å². The van der Waals surface area contributed by atoms with Crippen LogP contribution in [0.5, 0.6) is 0 Å². The first-order valence-corrected chi connectivity index (χ1v) is 10.8. The molecule has 1 aliphatic carbocycles. The molecule has 2 heterocycles. The maximum absolute atomic E-state index is 13.3. The van der Waals surface area contributed by atoms with Gasteiger partial charge in [-0.1, -0.05) is 43.9 Å². The maximum atomic E-state index is 13.3. The molecule has 0 saturated heterocycles. The Bertz CT molecular complexity index is 1120. The summed E-state index contributed by atoms with van der Waals surface area (Å²) < 4.78 is 2.91. The number of nitrogens with zero attached hydrogens (tertiary/aromatic N) is 4. The van der Waals surface area contributed by atoms with Crippen LogP contribution in [-0.4, -0.2) is 36.2 Å². The van der Waals surface area contributed by atoms with Gasteiger partial charge in [0.15, 0.2) is 5.82 Å². The molecular weight excluding hydrogens is 394 g/mol. The van der Waals surface area contributed by atoms with Gasteiger partial charge in [0.05, 0.1) is 23.7 Å². The van der Waals surface area contributed by atoms with Crippen LogP contribution in [0, 0.1) is 5.92 Å². The number of hydrogen-bond donors (Lipinski definition) is 2. The number of amides is 1. The lowest BCUT2D eigenvalue weighted by atomic mass is 9.97. The van der Waals surface area contributed by atoms with Gasteiger partial charge in [-0.2, -0.15) is 10.2 Å². The average Bonchev–Trinajstić information content (AvgIpc) is 3.38. The predicted octanol–water partition coefficient (Wildman–Crippen LogP) is 3.12. The van der Waals surface area contributed by atoms with E-state index in [4.69, 9.17) is 0 Å². The average molecular weight is 424 g/mol. The molecular formula is C23H29N5O3. The van der Waals surface area contributed by atoms with E-state index in [1.807, 2.05) is 18.2 Å². The number of nitrogens with one attached hydrogen (secondary N) is 1. The van der Waals surface area contributed by atoms with Crippen LogP contribution in [0.1, 0.15) is 52.0 Å². The highest BCUT2D eigenvalue weighted by atomic mass is 16.3. The van der Waals surface area contributed by atoms with Crippen LogP contribution in [0.4, 0.5) is 5.82 Å². The van der Waals surface area contributed by atoms with Gasteiger partial charge in [0.25, 0.3) is 11.5 Å². The summed E-state index contributed by atoms with van der Waals surface area (Å²) in [4.78, 5) is 26.4. The Morgan fingerprint density at radius 2 is 2.00 bits per heavy atom. The summed E-state index contributed by atoms with van der Waals surface area (Å²) in [5, 5.41) is 22.8. The van der Waals surface area contributed by atoms with Crippen molar-refractivity contribution in [3.8, 4) is 0 Å². The first-order valence-electron chi connectivity index (χ1n) is 10.8. The van der Waals surface area contributed by atoms with Crippen molar-refractivity contribution >= 4 is 22.5 Å². The minimum absolute atomic E-state index is 0.260. The van der Waals surface area contributed by atoms with Gasteiger partial charge in [0.1, 0.15) is 6.04 Å². The fourth-order valence-corrected chi connectivity index (χ4v) is 4.33. The Morgan fingerprint density at radius 1 is 1.26 bits per heavy atom. The molecule has 2 N–H and O–H groups in total. The molecule has 0 radical (unpaired) electrons. The SMILES string of the molecule is CC(C)(O)Cn1ccc(NC(=O)C(CC2CCCC2)n2ncc3ccccc3c2=O)n1. The van der Waals surface area contributed by atoms with Gasteiger partial charge in [0.2, 0.25) is 0 Å². The molecule has 0 spiro atoms. The van der Waals surface area contributed by atoms with Crippen molar-refractivity contribution in [3.63, 3.8) is 0 Å². The van der Waals surface area contributed by atoms with Crippen LogP contribution in [0.2, 0.25) is 0 Å². The molecule has 1 aliphatic rings. The quantitative estimate of drug-likeness (QED) is 0.608. The second-order valence-corrected chi connectivity index (χ2v) is 9.08. The largest absolute Gasteiger partial charge is 0.389 e. The zero-order valence-corrected chi connectivity index (χ0v) is 18.0. The molecule has 8 nitrogen and oxygen atoms in total. The Kier molecular flexibility index (Phi) is 5.91. The van der Waals surface area contributed by atoms with Gasteiger partial charge < -0.3 is 10.4 Å². The Labute approximate surface area is 180 Å². The van der Waals surface area contributed by atoms with Crippen molar-refractivity contribution in [2.24, 2.45) is 5.92 Å². The van der Waals surface area contributed by atoms with Gasteiger partial charge in [-0.05, 0) is 32.3 Å². The normalized spacial score (nSPS) is 16.0. The number of carbonyl (C=O) groups excluding carboxylic acids is 1. The first-order chi connectivity index (χ1) is 14.8. The number of aliphatic hydroxyl groups is 1. The molecule has 8 heteroatoms. The van der Waals surface area contributed by atoms with E-state index in [2.05, 4.69) is 15.5 Å². The number of fused-ring (bicyclic) bond motifs is 1. The van der Waals surface area contributed by atoms with Crippen LogP contribution >= 0.6 is 0 Å². The third-order valence-corrected chi connectivity index (χ3v) is 5.79. The summed E-state index contributed by atoms with van der Waals surface area (Å²) in [7, 11) is 0. The highest BCUT2D eigenvalue weighted by molar-refractivity contribution is 5.93. The number of aromatic nitrogens is 4. The molecule has 3 aromatic rings.